The summed E-state index contributed by atoms with van der Waals surface area (Å²) in [7, 11) is 0. The van der Waals surface area contributed by atoms with E-state index in [-0.39, 0.29) is 17.7 Å². The quantitative estimate of drug-likeness (QED) is 0.654. The lowest BCUT2D eigenvalue weighted by Gasteiger charge is -2.18. The molecule has 1 heterocycles. The fraction of sp³-hybridized carbons (Fsp3) is 0.375. The highest BCUT2D eigenvalue weighted by molar-refractivity contribution is 8.15. The van der Waals surface area contributed by atoms with Crippen LogP contribution in [-0.2, 0) is 15.0 Å². The monoisotopic (exact) mass is 333 g/mol. The molecule has 6 nitrogen and oxygen atoms in total. The summed E-state index contributed by atoms with van der Waals surface area (Å²) in [5.74, 6) is -1.36. The number of hydrogen-bond donors (Lipinski definition) is 2. The standard InChI is InChI=1S/C16H19N3O3S/c1-16(2,3)11-6-4-10(5-7-11)9-17-19-15-18-14(22)12(23-15)8-13(20)21/h4-7,9,12H,8H2,1-3H3,(H,20,21)(H,18,19,22)/b17-9-/t12-/m0/s1. The fourth-order valence-electron chi connectivity index (χ4n) is 1.96. The van der Waals surface area contributed by atoms with E-state index in [0.29, 0.717) is 5.17 Å². The Balaban J connectivity index is 1.99. The van der Waals surface area contributed by atoms with Crippen LogP contribution in [0.15, 0.2) is 34.5 Å². The first-order valence-electron chi connectivity index (χ1n) is 7.16. The maximum Gasteiger partial charge on any atom is 0.305 e. The fourth-order valence-corrected chi connectivity index (χ4v) is 2.88. The Hall–Kier alpha value is -2.15. The Morgan fingerprint density at radius 1 is 1.35 bits per heavy atom. The van der Waals surface area contributed by atoms with E-state index in [1.807, 2.05) is 24.3 Å². The molecule has 2 rings (SSSR count). The average Bonchev–Trinajstić information content (AvgIpc) is 2.78. The van der Waals surface area contributed by atoms with Crippen LogP contribution in [0, 0.1) is 0 Å². The molecule has 1 fully saturated rings. The van der Waals surface area contributed by atoms with Gasteiger partial charge in [0, 0.05) is 0 Å². The van der Waals surface area contributed by atoms with Gasteiger partial charge in [0.05, 0.1) is 12.6 Å². The average molecular weight is 333 g/mol. The molecule has 1 amide bonds. The van der Waals surface area contributed by atoms with Crippen molar-refractivity contribution >= 4 is 35.0 Å². The molecule has 7 heteroatoms. The Morgan fingerprint density at radius 2 is 2.00 bits per heavy atom. The van der Waals surface area contributed by atoms with E-state index in [0.717, 1.165) is 17.3 Å². The van der Waals surface area contributed by atoms with Gasteiger partial charge >= 0.3 is 5.97 Å². The number of nitrogens with one attached hydrogen (secondary N) is 1. The van der Waals surface area contributed by atoms with Crippen LogP contribution in [0.4, 0.5) is 0 Å². The molecule has 1 aliphatic rings. The zero-order chi connectivity index (χ0) is 17.0. The summed E-state index contributed by atoms with van der Waals surface area (Å²) in [5.41, 5.74) is 2.23. The highest BCUT2D eigenvalue weighted by Crippen LogP contribution is 2.23. The van der Waals surface area contributed by atoms with Gasteiger partial charge in [-0.05, 0) is 16.5 Å². The summed E-state index contributed by atoms with van der Waals surface area (Å²) in [6.07, 6.45) is 1.37. The zero-order valence-electron chi connectivity index (χ0n) is 13.2. The molecule has 1 aromatic rings. The van der Waals surface area contributed by atoms with Crippen molar-refractivity contribution in [1.29, 1.82) is 0 Å². The van der Waals surface area contributed by atoms with Gasteiger partial charge in [0.2, 0.25) is 5.91 Å². The first-order valence-corrected chi connectivity index (χ1v) is 8.04. The summed E-state index contributed by atoms with van der Waals surface area (Å²) < 4.78 is 0. The van der Waals surface area contributed by atoms with Gasteiger partial charge in [-0.15, -0.1) is 5.10 Å². The van der Waals surface area contributed by atoms with E-state index in [2.05, 4.69) is 36.3 Å². The minimum absolute atomic E-state index is 0.0970. The number of nitrogens with zero attached hydrogens (tertiary/aromatic N) is 2. The van der Waals surface area contributed by atoms with Gasteiger partial charge in [-0.1, -0.05) is 56.8 Å². The smallest absolute Gasteiger partial charge is 0.305 e. The van der Waals surface area contributed by atoms with E-state index < -0.39 is 11.2 Å². The van der Waals surface area contributed by atoms with Gasteiger partial charge in [0.15, 0.2) is 5.17 Å². The van der Waals surface area contributed by atoms with Crippen molar-refractivity contribution in [3.63, 3.8) is 0 Å². The van der Waals surface area contributed by atoms with Gasteiger partial charge in [-0.3, -0.25) is 9.59 Å². The van der Waals surface area contributed by atoms with Crippen molar-refractivity contribution in [3.05, 3.63) is 35.4 Å². The minimum atomic E-state index is -1.01. The van der Waals surface area contributed by atoms with Crippen molar-refractivity contribution in [1.82, 2.24) is 5.32 Å². The second-order valence-corrected chi connectivity index (χ2v) is 7.41. The number of benzene rings is 1. The van der Waals surface area contributed by atoms with E-state index in [9.17, 15) is 9.59 Å². The van der Waals surface area contributed by atoms with E-state index in [1.165, 1.54) is 5.56 Å². The molecule has 0 bridgehead atoms. The lowest BCUT2D eigenvalue weighted by molar-refractivity contribution is -0.138. The molecule has 0 spiro atoms. The summed E-state index contributed by atoms with van der Waals surface area (Å²) in [4.78, 5) is 22.2. The van der Waals surface area contributed by atoms with Crippen molar-refractivity contribution < 1.29 is 14.7 Å². The van der Waals surface area contributed by atoms with Crippen LogP contribution in [0.2, 0.25) is 0 Å². The molecule has 1 aromatic carbocycles. The normalized spacial score (nSPS) is 20.2. The number of carboxylic acids is 1. The number of amides is 1. The largest absolute Gasteiger partial charge is 0.481 e. The number of aliphatic carboxylic acids is 1. The molecule has 23 heavy (non-hydrogen) atoms. The SMILES string of the molecule is CC(C)(C)c1ccc(/C=N\N=C2\NC(=O)[C@H](CC(=O)O)S2)cc1. The molecule has 0 unspecified atom stereocenters. The van der Waals surface area contributed by atoms with Crippen molar-refractivity contribution in [2.24, 2.45) is 10.2 Å². The molecule has 0 radical (unpaired) electrons. The molecular formula is C16H19N3O3S. The highest BCUT2D eigenvalue weighted by Gasteiger charge is 2.32. The molecule has 1 aliphatic heterocycles. The third kappa shape index (κ3) is 4.92. The molecule has 0 aromatic heterocycles. The van der Waals surface area contributed by atoms with Gasteiger partial charge in [-0.25, -0.2) is 0 Å². The second-order valence-electron chi connectivity index (χ2n) is 6.22. The molecule has 1 saturated heterocycles. The third-order valence-corrected chi connectivity index (χ3v) is 4.34. The number of carbonyl (C=O) groups excluding carboxylic acids is 1. The van der Waals surface area contributed by atoms with Gasteiger partial charge < -0.3 is 10.4 Å². The molecular weight excluding hydrogens is 314 g/mol. The molecule has 0 aliphatic carbocycles. The zero-order valence-corrected chi connectivity index (χ0v) is 14.1. The molecule has 1 atom stereocenters. The maximum absolute atomic E-state index is 11.6. The number of rotatable bonds is 4. The maximum atomic E-state index is 11.6. The molecule has 0 saturated carbocycles. The van der Waals surface area contributed by atoms with Crippen molar-refractivity contribution in [2.75, 3.05) is 0 Å². The topological polar surface area (TPSA) is 91.1 Å². The van der Waals surface area contributed by atoms with Crippen LogP contribution in [0.5, 0.6) is 0 Å². The number of carboxylic acid groups (broad SMARTS) is 1. The Bertz CT molecular complexity index is 660. The van der Waals surface area contributed by atoms with E-state index in [4.69, 9.17) is 5.11 Å². The lowest BCUT2D eigenvalue weighted by Crippen LogP contribution is -2.26. The predicted octanol–water partition coefficient (Wildman–Crippen LogP) is 2.38. The molecule has 2 N–H and O–H groups in total. The van der Waals surface area contributed by atoms with Crippen molar-refractivity contribution in [3.8, 4) is 0 Å². The highest BCUT2D eigenvalue weighted by atomic mass is 32.2. The van der Waals surface area contributed by atoms with Crippen molar-refractivity contribution in [2.45, 2.75) is 37.9 Å². The van der Waals surface area contributed by atoms with Gasteiger partial charge in [0.1, 0.15) is 5.25 Å². The first-order chi connectivity index (χ1) is 10.8. The first kappa shape index (κ1) is 17.2. The third-order valence-electron chi connectivity index (χ3n) is 3.27. The minimum Gasteiger partial charge on any atom is -0.481 e. The number of thioether (sulfide) groups is 1. The van der Waals surface area contributed by atoms with E-state index >= 15 is 0 Å². The summed E-state index contributed by atoms with van der Waals surface area (Å²) in [5, 5.41) is 18.8. The van der Waals surface area contributed by atoms with Crippen LogP contribution < -0.4 is 5.32 Å². The Kier molecular flexibility index (Phi) is 5.20. The van der Waals surface area contributed by atoms with Crippen LogP contribution in [-0.4, -0.2) is 33.6 Å². The summed E-state index contributed by atoms with van der Waals surface area (Å²) in [6.45, 7) is 6.45. The van der Waals surface area contributed by atoms with Crippen LogP contribution in [0.1, 0.15) is 38.3 Å². The number of carbonyl (C=O) groups is 2. The number of amidine groups is 1. The predicted molar refractivity (Wildman–Crippen MR) is 91.9 cm³/mol. The second kappa shape index (κ2) is 6.95. The Labute approximate surface area is 139 Å². The van der Waals surface area contributed by atoms with Crippen LogP contribution in [0.25, 0.3) is 0 Å². The Morgan fingerprint density at radius 3 is 2.57 bits per heavy atom. The van der Waals surface area contributed by atoms with Crippen LogP contribution >= 0.6 is 11.8 Å². The summed E-state index contributed by atoms with van der Waals surface area (Å²) in [6, 6.07) is 8.00. The molecule has 122 valence electrons. The van der Waals surface area contributed by atoms with Gasteiger partial charge in [0.25, 0.3) is 0 Å². The van der Waals surface area contributed by atoms with Crippen LogP contribution in [0.3, 0.4) is 0 Å². The number of hydrogen-bond acceptors (Lipinski definition) is 5. The lowest BCUT2D eigenvalue weighted by atomic mass is 9.87. The summed E-state index contributed by atoms with van der Waals surface area (Å²) >= 11 is 1.08. The van der Waals surface area contributed by atoms with E-state index in [1.54, 1.807) is 6.21 Å². The van der Waals surface area contributed by atoms with Gasteiger partial charge in [-0.2, -0.15) is 5.10 Å².